The van der Waals surface area contributed by atoms with Gasteiger partial charge in [-0.3, -0.25) is 0 Å². The Morgan fingerprint density at radius 2 is 2.17 bits per heavy atom. The van der Waals surface area contributed by atoms with E-state index in [4.69, 9.17) is 9.47 Å². The lowest BCUT2D eigenvalue weighted by Gasteiger charge is -2.21. The smallest absolute Gasteiger partial charge is 0.330 e. The highest BCUT2D eigenvalue weighted by Gasteiger charge is 2.16. The Kier molecular flexibility index (Phi) is 3.80. The molecule has 1 saturated heterocycles. The molecule has 0 N–H and O–H groups in total. The van der Waals surface area contributed by atoms with Crippen molar-refractivity contribution in [3.63, 3.8) is 0 Å². The number of carbonyl (C=O) groups excluding carboxylic acids is 1. The van der Waals surface area contributed by atoms with Crippen LogP contribution in [0.15, 0.2) is 12.2 Å². The zero-order chi connectivity index (χ0) is 8.81. The Balaban J connectivity index is 2.24. The molecular formula is C9H14O3. The molecule has 1 aliphatic heterocycles. The summed E-state index contributed by atoms with van der Waals surface area (Å²) in [5.74, 6) is -0.246. The van der Waals surface area contributed by atoms with Gasteiger partial charge in [-0.2, -0.15) is 0 Å². The number of ether oxygens (including phenoxy) is 2. The van der Waals surface area contributed by atoms with Crippen molar-refractivity contribution in [1.82, 2.24) is 0 Å². The molecule has 0 bridgehead atoms. The first-order valence-electron chi connectivity index (χ1n) is 4.24. The van der Waals surface area contributed by atoms with Crippen molar-refractivity contribution in [3.8, 4) is 0 Å². The van der Waals surface area contributed by atoms with Crippen molar-refractivity contribution in [1.29, 1.82) is 0 Å². The predicted molar refractivity (Wildman–Crippen MR) is 44.7 cm³/mol. The summed E-state index contributed by atoms with van der Waals surface area (Å²) in [6.07, 6.45) is 4.83. The van der Waals surface area contributed by atoms with E-state index in [1.54, 1.807) is 13.0 Å². The molecule has 0 aromatic rings. The van der Waals surface area contributed by atoms with Crippen LogP contribution < -0.4 is 0 Å². The maximum Gasteiger partial charge on any atom is 0.330 e. The molecule has 12 heavy (non-hydrogen) atoms. The second-order valence-corrected chi connectivity index (χ2v) is 2.75. The molecular weight excluding hydrogens is 156 g/mol. The van der Waals surface area contributed by atoms with E-state index in [0.29, 0.717) is 13.2 Å². The van der Waals surface area contributed by atoms with E-state index in [9.17, 15) is 4.79 Å². The first-order valence-corrected chi connectivity index (χ1v) is 4.24. The zero-order valence-electron chi connectivity index (χ0n) is 7.29. The van der Waals surface area contributed by atoms with Gasteiger partial charge in [0.15, 0.2) is 0 Å². The van der Waals surface area contributed by atoms with Gasteiger partial charge in [-0.05, 0) is 6.92 Å². The third-order valence-electron chi connectivity index (χ3n) is 1.75. The molecule has 0 amide bonds. The Labute approximate surface area is 72.4 Å². The monoisotopic (exact) mass is 170 g/mol. The van der Waals surface area contributed by atoms with Gasteiger partial charge in [0.1, 0.15) is 6.10 Å². The van der Waals surface area contributed by atoms with Crippen molar-refractivity contribution < 1.29 is 14.3 Å². The summed E-state index contributed by atoms with van der Waals surface area (Å²) < 4.78 is 10.3. The maximum atomic E-state index is 11.0. The largest absolute Gasteiger partial charge is 0.459 e. The second-order valence-electron chi connectivity index (χ2n) is 2.75. The number of esters is 1. The number of rotatable bonds is 2. The summed E-state index contributed by atoms with van der Waals surface area (Å²) in [6.45, 7) is 3.20. The van der Waals surface area contributed by atoms with Gasteiger partial charge in [-0.15, -0.1) is 0 Å². The molecule has 0 spiro atoms. The van der Waals surface area contributed by atoms with Crippen molar-refractivity contribution in [2.45, 2.75) is 25.9 Å². The molecule has 68 valence electrons. The van der Waals surface area contributed by atoms with Crippen LogP contribution in [0.3, 0.4) is 0 Å². The summed E-state index contributed by atoms with van der Waals surface area (Å²) >= 11 is 0. The van der Waals surface area contributed by atoms with Crippen molar-refractivity contribution >= 4 is 5.97 Å². The van der Waals surface area contributed by atoms with Crippen LogP contribution in [-0.2, 0) is 14.3 Å². The molecule has 0 radical (unpaired) electrons. The molecule has 0 aliphatic carbocycles. The number of hydrogen-bond acceptors (Lipinski definition) is 3. The molecule has 0 aromatic heterocycles. The Bertz CT molecular complexity index is 169. The molecule has 1 aliphatic rings. The van der Waals surface area contributed by atoms with Gasteiger partial charge in [0, 0.05) is 18.9 Å². The Hall–Kier alpha value is -0.830. The van der Waals surface area contributed by atoms with Gasteiger partial charge in [-0.25, -0.2) is 4.79 Å². The maximum absolute atomic E-state index is 11.0. The molecule has 1 fully saturated rings. The van der Waals surface area contributed by atoms with Gasteiger partial charge in [0.25, 0.3) is 0 Å². The normalized spacial score (nSPS) is 19.8. The summed E-state index contributed by atoms with van der Waals surface area (Å²) in [4.78, 5) is 11.0. The lowest BCUT2D eigenvalue weighted by molar-refractivity contribution is -0.147. The van der Waals surface area contributed by atoms with Crippen molar-refractivity contribution in [3.05, 3.63) is 12.2 Å². The van der Waals surface area contributed by atoms with E-state index in [-0.39, 0.29) is 12.1 Å². The highest BCUT2D eigenvalue weighted by atomic mass is 16.5. The number of hydrogen-bond donors (Lipinski definition) is 0. The Morgan fingerprint density at radius 3 is 2.75 bits per heavy atom. The predicted octanol–water partition coefficient (Wildman–Crippen LogP) is 1.28. The second kappa shape index (κ2) is 4.93. The van der Waals surface area contributed by atoms with E-state index >= 15 is 0 Å². The van der Waals surface area contributed by atoms with Crippen LogP contribution in [0.4, 0.5) is 0 Å². The molecule has 1 rings (SSSR count). The minimum atomic E-state index is -0.246. The van der Waals surface area contributed by atoms with Crippen LogP contribution in [0.25, 0.3) is 0 Å². The molecule has 0 unspecified atom stereocenters. The molecule has 1 heterocycles. The molecule has 3 heteroatoms. The van der Waals surface area contributed by atoms with Crippen LogP contribution in [0.2, 0.25) is 0 Å². The van der Waals surface area contributed by atoms with Crippen molar-refractivity contribution in [2.75, 3.05) is 13.2 Å². The summed E-state index contributed by atoms with van der Waals surface area (Å²) in [5, 5.41) is 0. The fraction of sp³-hybridized carbons (Fsp3) is 0.667. The van der Waals surface area contributed by atoms with Crippen LogP contribution in [0.1, 0.15) is 19.8 Å². The van der Waals surface area contributed by atoms with Gasteiger partial charge in [-0.1, -0.05) is 6.08 Å². The summed E-state index contributed by atoms with van der Waals surface area (Å²) in [6, 6.07) is 0. The molecule has 3 nitrogen and oxygen atoms in total. The Morgan fingerprint density at radius 1 is 1.50 bits per heavy atom. The van der Waals surface area contributed by atoms with E-state index in [1.165, 1.54) is 6.08 Å². The van der Waals surface area contributed by atoms with E-state index in [2.05, 4.69) is 0 Å². The topological polar surface area (TPSA) is 35.5 Å². The molecule has 0 aromatic carbocycles. The lowest BCUT2D eigenvalue weighted by Crippen LogP contribution is -2.25. The quantitative estimate of drug-likeness (QED) is 0.462. The average molecular weight is 170 g/mol. The van der Waals surface area contributed by atoms with Gasteiger partial charge < -0.3 is 9.47 Å². The highest BCUT2D eigenvalue weighted by molar-refractivity contribution is 5.81. The van der Waals surface area contributed by atoms with Crippen LogP contribution in [0, 0.1) is 0 Å². The fourth-order valence-corrected chi connectivity index (χ4v) is 1.13. The highest BCUT2D eigenvalue weighted by Crippen LogP contribution is 2.10. The standard InChI is InChI=1S/C9H14O3/c1-2-3-9(10)12-8-4-6-11-7-5-8/h2-3,8H,4-7H2,1H3. The minimum absolute atomic E-state index is 0.0578. The van der Waals surface area contributed by atoms with Crippen molar-refractivity contribution in [2.24, 2.45) is 0 Å². The third kappa shape index (κ3) is 3.05. The molecule has 0 atom stereocenters. The van der Waals surface area contributed by atoms with Crippen LogP contribution >= 0.6 is 0 Å². The first kappa shape index (κ1) is 9.26. The fourth-order valence-electron chi connectivity index (χ4n) is 1.13. The molecule has 0 saturated carbocycles. The van der Waals surface area contributed by atoms with Gasteiger partial charge >= 0.3 is 5.97 Å². The number of allylic oxidation sites excluding steroid dienone is 1. The van der Waals surface area contributed by atoms with E-state index < -0.39 is 0 Å². The lowest BCUT2D eigenvalue weighted by atomic mass is 10.1. The third-order valence-corrected chi connectivity index (χ3v) is 1.75. The number of carbonyl (C=O) groups is 1. The average Bonchev–Trinajstić information content (AvgIpc) is 2.06. The van der Waals surface area contributed by atoms with E-state index in [1.807, 2.05) is 0 Å². The summed E-state index contributed by atoms with van der Waals surface area (Å²) in [7, 11) is 0. The van der Waals surface area contributed by atoms with Gasteiger partial charge in [0.05, 0.1) is 13.2 Å². The van der Waals surface area contributed by atoms with Gasteiger partial charge in [0.2, 0.25) is 0 Å². The minimum Gasteiger partial charge on any atom is -0.459 e. The van der Waals surface area contributed by atoms with Crippen LogP contribution in [0.5, 0.6) is 0 Å². The zero-order valence-corrected chi connectivity index (χ0v) is 7.29. The van der Waals surface area contributed by atoms with E-state index in [0.717, 1.165) is 12.8 Å². The first-order chi connectivity index (χ1) is 5.83. The van der Waals surface area contributed by atoms with Crippen LogP contribution in [-0.4, -0.2) is 25.3 Å². The SMILES string of the molecule is CC=CC(=O)OC1CCOCC1. The summed E-state index contributed by atoms with van der Waals surface area (Å²) in [5.41, 5.74) is 0.